The van der Waals surface area contributed by atoms with Crippen molar-refractivity contribution in [2.24, 2.45) is 0 Å². The summed E-state index contributed by atoms with van der Waals surface area (Å²) in [6.07, 6.45) is 0. The summed E-state index contributed by atoms with van der Waals surface area (Å²) in [7, 11) is -4.67. The standard InChI is InChI=1S/Al.Mg.H2O4S.Ti.5H/c;;1-5(2,3)4;;;;;;/h;;(H2,1,2,3,4);;;;;;. The number of rotatable bonds is 0. The average molecular weight is 202 g/mol. The van der Waals surface area contributed by atoms with Crippen molar-refractivity contribution in [2.75, 3.05) is 0 Å². The zero-order valence-corrected chi connectivity index (χ0v) is 5.00. The third-order valence-corrected chi connectivity index (χ3v) is 0. The first-order valence-electron chi connectivity index (χ1n) is 0.698. The van der Waals surface area contributed by atoms with Crippen LogP contribution in [0.1, 0.15) is 0 Å². The van der Waals surface area contributed by atoms with E-state index in [-0.39, 0.29) is 62.1 Å². The fourth-order valence-electron chi connectivity index (χ4n) is 0. The van der Waals surface area contributed by atoms with Gasteiger partial charge in [-0.3, -0.25) is 9.11 Å². The van der Waals surface area contributed by atoms with Crippen LogP contribution < -0.4 is 0 Å². The first-order chi connectivity index (χ1) is 2.00. The van der Waals surface area contributed by atoms with Gasteiger partial charge in [0.25, 0.3) is 0 Å². The van der Waals surface area contributed by atoms with Crippen LogP contribution in [0, 0.1) is 0 Å². The maximum atomic E-state index is 8.74. The monoisotopic (exact) mass is 202 g/mol. The molecule has 0 fully saturated rings. The van der Waals surface area contributed by atoms with Crippen molar-refractivity contribution in [3.8, 4) is 0 Å². The van der Waals surface area contributed by atoms with Crippen molar-refractivity contribution in [1.29, 1.82) is 0 Å². The van der Waals surface area contributed by atoms with Crippen LogP contribution in [0.2, 0.25) is 0 Å². The molecule has 46 valence electrons. The summed E-state index contributed by atoms with van der Waals surface area (Å²) in [6, 6.07) is 0. The molecule has 0 spiro atoms. The predicted octanol–water partition coefficient (Wildman–Crippen LogP) is -2.76. The molecule has 0 aliphatic rings. The predicted molar refractivity (Wildman–Crippen MR) is 32.7 cm³/mol. The van der Waals surface area contributed by atoms with E-state index in [0.29, 0.717) is 0 Å². The van der Waals surface area contributed by atoms with E-state index in [1.54, 1.807) is 0 Å². The average Bonchev–Trinajstić information content (AvgIpc) is 0.722. The molecule has 0 aromatic rings. The largest absolute Gasteiger partial charge is 0.394 e. The van der Waals surface area contributed by atoms with Crippen molar-refractivity contribution in [3.05, 3.63) is 0 Å². The van der Waals surface area contributed by atoms with E-state index in [9.17, 15) is 0 Å². The minimum absolute atomic E-state index is 0. The summed E-state index contributed by atoms with van der Waals surface area (Å²) in [5.41, 5.74) is 0. The second-order valence-corrected chi connectivity index (χ2v) is 1.34. The molecule has 0 saturated carbocycles. The molecule has 0 radical (unpaired) electrons. The van der Waals surface area contributed by atoms with Gasteiger partial charge in [0, 0.05) is 21.7 Å². The van der Waals surface area contributed by atoms with Crippen molar-refractivity contribution in [1.82, 2.24) is 0 Å². The van der Waals surface area contributed by atoms with E-state index in [1.807, 2.05) is 0 Å². The van der Waals surface area contributed by atoms with Gasteiger partial charge in [-0.25, -0.2) is 0 Å². The molecule has 2 N–H and O–H groups in total. The van der Waals surface area contributed by atoms with Gasteiger partial charge in [-0.05, 0) is 0 Å². The van der Waals surface area contributed by atoms with Crippen LogP contribution in [0.4, 0.5) is 0 Å². The molecule has 0 amide bonds. The molecule has 0 aliphatic carbocycles. The van der Waals surface area contributed by atoms with Crippen molar-refractivity contribution in [3.63, 3.8) is 0 Å². The summed E-state index contributed by atoms with van der Waals surface area (Å²) < 4.78 is 31.6. The van der Waals surface area contributed by atoms with Gasteiger partial charge >= 0.3 is 33.5 Å². The number of hydrogen-bond donors (Lipinski definition) is 2. The summed E-state index contributed by atoms with van der Waals surface area (Å²) in [5.74, 6) is 0. The molecule has 8 heavy (non-hydrogen) atoms. The maximum absolute atomic E-state index is 8.74. The van der Waals surface area contributed by atoms with E-state index in [4.69, 9.17) is 17.5 Å². The zero-order valence-electron chi connectivity index (χ0n) is 2.62. The normalized spacial score (nSPS) is 7.25. The van der Waals surface area contributed by atoms with Crippen LogP contribution in [0.15, 0.2) is 0 Å². The van der Waals surface area contributed by atoms with Gasteiger partial charge in [-0.1, -0.05) is 0 Å². The summed E-state index contributed by atoms with van der Waals surface area (Å²) in [6.45, 7) is 0. The maximum Gasteiger partial charge on any atom is 0.394 e. The van der Waals surface area contributed by atoms with Crippen LogP contribution in [0.3, 0.4) is 0 Å². The zero-order chi connectivity index (χ0) is 4.50. The Kier molecular flexibility index (Phi) is 25.0. The van der Waals surface area contributed by atoms with Crippen LogP contribution in [0.5, 0.6) is 0 Å². The van der Waals surface area contributed by atoms with Crippen LogP contribution in [-0.4, -0.2) is 57.9 Å². The van der Waals surface area contributed by atoms with Crippen LogP contribution >= 0.6 is 0 Å². The molecule has 0 aromatic carbocycles. The fourth-order valence-corrected chi connectivity index (χ4v) is 0. The smallest absolute Gasteiger partial charge is 0.264 e. The van der Waals surface area contributed by atoms with Gasteiger partial charge in [-0.2, -0.15) is 8.42 Å². The molecule has 0 heterocycles. The van der Waals surface area contributed by atoms with Crippen molar-refractivity contribution in [2.45, 2.75) is 0 Å². The van der Waals surface area contributed by atoms with Gasteiger partial charge < -0.3 is 0 Å². The SMILES string of the molecule is O=S(=O)(O)O.[AlH3].[MgH2].[Ti]. The Balaban J connectivity index is -0.0000000267. The van der Waals surface area contributed by atoms with E-state index in [2.05, 4.69) is 0 Å². The van der Waals surface area contributed by atoms with E-state index in [0.717, 1.165) is 0 Å². The van der Waals surface area contributed by atoms with Gasteiger partial charge in [0.15, 0.2) is 17.4 Å². The molecule has 0 aromatic heterocycles. The Bertz CT molecular complexity index is 99.2. The minimum atomic E-state index is -4.67. The molecule has 8 heteroatoms. The Labute approximate surface area is 89.2 Å². The Hall–Kier alpha value is 1.88. The molecule has 4 nitrogen and oxygen atoms in total. The van der Waals surface area contributed by atoms with E-state index >= 15 is 0 Å². The Morgan fingerprint density at radius 3 is 1.12 bits per heavy atom. The molecule has 0 rings (SSSR count). The van der Waals surface area contributed by atoms with E-state index < -0.39 is 10.4 Å². The Morgan fingerprint density at radius 1 is 1.12 bits per heavy atom. The molecule has 0 atom stereocenters. The first-order valence-corrected chi connectivity index (χ1v) is 2.10. The van der Waals surface area contributed by atoms with Gasteiger partial charge in [0.05, 0.1) is 0 Å². The third kappa shape index (κ3) is 105. The van der Waals surface area contributed by atoms with Crippen LogP contribution in [0.25, 0.3) is 0 Å². The van der Waals surface area contributed by atoms with Gasteiger partial charge in [0.1, 0.15) is 0 Å². The van der Waals surface area contributed by atoms with E-state index in [1.165, 1.54) is 0 Å². The fraction of sp³-hybridized carbons (Fsp3) is 0. The second-order valence-electron chi connectivity index (χ2n) is 0.448. The second kappa shape index (κ2) is 8.88. The molecule has 0 aliphatic heterocycles. The Morgan fingerprint density at radius 2 is 1.12 bits per heavy atom. The molecular weight excluding hydrogens is 195 g/mol. The minimum Gasteiger partial charge on any atom is -0.264 e. The molecule has 0 bridgehead atoms. The molecule has 0 saturated heterocycles. The van der Waals surface area contributed by atoms with Crippen molar-refractivity contribution < 1.29 is 39.2 Å². The summed E-state index contributed by atoms with van der Waals surface area (Å²) in [5, 5.41) is 0. The van der Waals surface area contributed by atoms with Crippen LogP contribution in [-0.2, 0) is 32.1 Å². The van der Waals surface area contributed by atoms with Gasteiger partial charge in [-0.15, -0.1) is 0 Å². The van der Waals surface area contributed by atoms with Gasteiger partial charge in [0.2, 0.25) is 0 Å². The topological polar surface area (TPSA) is 74.6 Å². The summed E-state index contributed by atoms with van der Waals surface area (Å²) in [4.78, 5) is 0. The summed E-state index contributed by atoms with van der Waals surface area (Å²) >= 11 is 0. The number of hydrogen-bond acceptors (Lipinski definition) is 2. The van der Waals surface area contributed by atoms with Crippen molar-refractivity contribution >= 4 is 50.8 Å². The first kappa shape index (κ1) is 22.5. The third-order valence-electron chi connectivity index (χ3n) is 0. The molecule has 0 unspecified atom stereocenters. The quantitative estimate of drug-likeness (QED) is 0.330. The molecular formula is H7AlMgO4STi.